The van der Waals surface area contributed by atoms with Gasteiger partial charge in [-0.2, -0.15) is 0 Å². The Kier molecular flexibility index (Phi) is 42.5. The second-order valence-corrected chi connectivity index (χ2v) is 2.06. The second-order valence-electron chi connectivity index (χ2n) is 0.500. The van der Waals surface area contributed by atoms with Gasteiger partial charge >= 0.3 is 136 Å². The summed E-state index contributed by atoms with van der Waals surface area (Å²) in [6.45, 7) is 0. The molecule has 0 fully saturated rings. The van der Waals surface area contributed by atoms with Crippen LogP contribution >= 0.6 is 0 Å². The summed E-state index contributed by atoms with van der Waals surface area (Å²) in [7, 11) is 0. The Morgan fingerprint density at radius 3 is 0.800 bits per heavy atom. The van der Waals surface area contributed by atoms with E-state index in [4.69, 9.17) is 21.4 Å². The first kappa shape index (κ1) is 23.3. The van der Waals surface area contributed by atoms with E-state index in [1.807, 2.05) is 0 Å². The van der Waals surface area contributed by atoms with E-state index in [2.05, 4.69) is 0 Å². The molecule has 0 N–H and O–H groups in total. The van der Waals surface area contributed by atoms with Gasteiger partial charge < -0.3 is 0 Å². The van der Waals surface area contributed by atoms with Gasteiger partial charge in [0.15, 0.2) is 0 Å². The molecule has 0 saturated heterocycles. The Morgan fingerprint density at radius 1 is 0.800 bits per heavy atom. The fourth-order valence-electron chi connectivity index (χ4n) is 0. The molecule has 50 valence electrons. The summed E-state index contributed by atoms with van der Waals surface area (Å²) < 4.78 is 51.5. The summed E-state index contributed by atoms with van der Waals surface area (Å²) >= 11 is -8.17. The molecular weight excluding hydrogens is 440 g/mol. The predicted octanol–water partition coefficient (Wildman–Crippen LogP) is -8.38. The quantitative estimate of drug-likeness (QED) is 0.345. The van der Waals surface area contributed by atoms with E-state index in [9.17, 15) is 0 Å². The zero-order chi connectivity index (χ0) is 7.15. The van der Waals surface area contributed by atoms with E-state index in [1.54, 1.807) is 0 Å². The van der Waals surface area contributed by atoms with Crippen molar-refractivity contribution in [2.75, 3.05) is 0 Å². The number of rotatable bonds is 0. The van der Waals surface area contributed by atoms with Crippen molar-refractivity contribution in [2.24, 2.45) is 0 Å². The summed E-state index contributed by atoms with van der Waals surface area (Å²) in [4.78, 5) is 0. The van der Waals surface area contributed by atoms with Crippen LogP contribution in [-0.4, -0.2) is 26.2 Å². The van der Waals surface area contributed by atoms with Crippen molar-refractivity contribution in [1.29, 1.82) is 0 Å². The van der Waals surface area contributed by atoms with Crippen LogP contribution in [0, 0.1) is 0 Å². The van der Waals surface area contributed by atoms with Crippen LogP contribution in [-0.2, 0) is 43.9 Å². The van der Waals surface area contributed by atoms with Gasteiger partial charge in [-0.15, -0.1) is 0 Å². The minimum absolute atomic E-state index is 0. The van der Waals surface area contributed by atoms with Crippen LogP contribution in [0.25, 0.3) is 0 Å². The molecule has 0 aliphatic rings. The standard InChI is InChI=1S/Bi.K.6O.2Ti/q+3;+1;;;4*-1;;. The molecule has 0 spiro atoms. The van der Waals surface area contributed by atoms with Crippen LogP contribution in [0.15, 0.2) is 0 Å². The third-order valence-electron chi connectivity index (χ3n) is 0. The van der Waals surface area contributed by atoms with E-state index in [1.165, 1.54) is 0 Å². The van der Waals surface area contributed by atoms with Gasteiger partial charge in [0.25, 0.3) is 0 Å². The molecule has 0 aromatic heterocycles. The molecule has 6 nitrogen and oxygen atoms in total. The normalized spacial score (nSPS) is 5.20. The van der Waals surface area contributed by atoms with Crippen LogP contribution in [0.2, 0.25) is 0 Å². The van der Waals surface area contributed by atoms with Crippen LogP contribution in [0.4, 0.5) is 0 Å². The van der Waals surface area contributed by atoms with Crippen LogP contribution in [0.3, 0.4) is 0 Å². The van der Waals surface area contributed by atoms with Crippen molar-refractivity contribution in [2.45, 2.75) is 0 Å². The van der Waals surface area contributed by atoms with Gasteiger partial charge in [-0.1, -0.05) is 0 Å². The van der Waals surface area contributed by atoms with Gasteiger partial charge in [0.1, 0.15) is 0 Å². The Balaban J connectivity index is -0.0000000300. The average Bonchev–Trinajstić information content (AvgIpc) is 1.25. The van der Waals surface area contributed by atoms with Gasteiger partial charge in [0.2, 0.25) is 0 Å². The molecule has 0 atom stereocenters. The second kappa shape index (κ2) is 18.2. The van der Waals surface area contributed by atoms with Crippen LogP contribution in [0.1, 0.15) is 0 Å². The van der Waals surface area contributed by atoms with E-state index >= 15 is 0 Å². The monoisotopic (exact) mass is 440 g/mol. The van der Waals surface area contributed by atoms with Crippen molar-refractivity contribution < 1.29 is 110 Å². The SMILES string of the molecule is [Bi+3].[K+].[O]=[Ti]([O-])[O-].[O]=[Ti]([O-])[O-]. The van der Waals surface area contributed by atoms with Crippen LogP contribution < -0.4 is 66.1 Å². The molecule has 10 heteroatoms. The first-order valence-corrected chi connectivity index (χ1v) is 5.05. The zero-order valence-corrected chi connectivity index (χ0v) is 14.6. The van der Waals surface area contributed by atoms with Crippen molar-refractivity contribution in [3.05, 3.63) is 0 Å². The van der Waals surface area contributed by atoms with Gasteiger partial charge in [-0.05, 0) is 0 Å². The molecular formula is BiKO6Ti2. The average molecular weight is 440 g/mol. The molecule has 10 heavy (non-hydrogen) atoms. The zero-order valence-electron chi connectivity index (χ0n) is 4.90. The van der Waals surface area contributed by atoms with Gasteiger partial charge in [-0.3, -0.25) is 0 Å². The summed E-state index contributed by atoms with van der Waals surface area (Å²) in [5.74, 6) is 0. The molecule has 0 aromatic rings. The van der Waals surface area contributed by atoms with Gasteiger partial charge in [0.05, 0.1) is 0 Å². The molecule has 0 aliphatic carbocycles. The first-order valence-electron chi connectivity index (χ1n) is 1.22. The Bertz CT molecular complexity index is 73.7. The Morgan fingerprint density at radius 2 is 0.800 bits per heavy atom. The molecule has 0 amide bonds. The third-order valence-corrected chi connectivity index (χ3v) is 0. The van der Waals surface area contributed by atoms with Crippen molar-refractivity contribution >= 4 is 26.2 Å². The molecule has 0 rings (SSSR count). The number of hydrogen-bond acceptors (Lipinski definition) is 6. The molecule has 0 heterocycles. The molecule has 0 unspecified atom stereocenters. The van der Waals surface area contributed by atoms with Crippen LogP contribution in [0.5, 0.6) is 0 Å². The van der Waals surface area contributed by atoms with Gasteiger partial charge in [-0.25, -0.2) is 0 Å². The van der Waals surface area contributed by atoms with E-state index < -0.39 is 37.2 Å². The predicted molar refractivity (Wildman–Crippen MR) is 7.13 cm³/mol. The summed E-state index contributed by atoms with van der Waals surface area (Å²) in [6, 6.07) is 0. The fourth-order valence-corrected chi connectivity index (χ4v) is 0. The maximum absolute atomic E-state index is 8.58. The van der Waals surface area contributed by atoms with E-state index in [-0.39, 0.29) is 77.6 Å². The molecule has 2 radical (unpaired) electrons. The minimum atomic E-state index is -4.08. The van der Waals surface area contributed by atoms with E-state index in [0.29, 0.717) is 0 Å². The molecule has 0 bridgehead atoms. The Hall–Kier alpha value is 3.39. The van der Waals surface area contributed by atoms with Crippen molar-refractivity contribution in [1.82, 2.24) is 0 Å². The topological polar surface area (TPSA) is 126 Å². The first-order chi connectivity index (χ1) is 3.46. The maximum atomic E-state index is 8.58. The summed E-state index contributed by atoms with van der Waals surface area (Å²) in [6.07, 6.45) is 0. The van der Waals surface area contributed by atoms with E-state index in [0.717, 1.165) is 0 Å². The fraction of sp³-hybridized carbons (Fsp3) is 0. The molecule has 0 saturated carbocycles. The van der Waals surface area contributed by atoms with Gasteiger partial charge in [0, 0.05) is 0 Å². The third kappa shape index (κ3) is 107. The van der Waals surface area contributed by atoms with Crippen molar-refractivity contribution in [3.8, 4) is 0 Å². The molecule has 0 aromatic carbocycles. The Labute approximate surface area is 133 Å². The summed E-state index contributed by atoms with van der Waals surface area (Å²) in [5, 5.41) is 0. The number of hydrogen-bond donors (Lipinski definition) is 0. The van der Waals surface area contributed by atoms with Crippen molar-refractivity contribution in [3.63, 3.8) is 0 Å². The molecule has 0 aliphatic heterocycles. The summed E-state index contributed by atoms with van der Waals surface area (Å²) in [5.41, 5.74) is 0.